The molecule has 0 unspecified atom stereocenters. The van der Waals surface area contributed by atoms with Crippen LogP contribution in [0.5, 0.6) is 11.5 Å². The van der Waals surface area contributed by atoms with E-state index >= 15 is 0 Å². The third-order valence-corrected chi connectivity index (χ3v) is 4.64. The summed E-state index contributed by atoms with van der Waals surface area (Å²) in [6.45, 7) is 4.59. The highest BCUT2D eigenvalue weighted by molar-refractivity contribution is 5.98. The predicted octanol–water partition coefficient (Wildman–Crippen LogP) is 2.45. The zero-order chi connectivity index (χ0) is 24.7. The van der Waals surface area contributed by atoms with Crippen LogP contribution < -0.4 is 20.1 Å². The first-order valence-electron chi connectivity index (χ1n) is 9.79. The number of rotatable bonds is 9. The lowest BCUT2D eigenvalue weighted by Gasteiger charge is -2.13. The van der Waals surface area contributed by atoms with Gasteiger partial charge >= 0.3 is 5.97 Å². The molecule has 0 aliphatic rings. The number of aryl methyl sites for hydroxylation is 3. The summed E-state index contributed by atoms with van der Waals surface area (Å²) in [6.07, 6.45) is 0. The Morgan fingerprint density at radius 2 is 1.52 bits per heavy atom. The molecule has 0 bridgehead atoms. The number of benzene rings is 2. The molecule has 0 aliphatic carbocycles. The van der Waals surface area contributed by atoms with Crippen LogP contribution in [-0.2, 0) is 14.3 Å². The molecule has 11 heteroatoms. The lowest BCUT2D eigenvalue weighted by atomic mass is 10.1. The quantitative estimate of drug-likeness (QED) is 0.330. The lowest BCUT2D eigenvalue weighted by Crippen LogP contribution is -2.35. The Morgan fingerprint density at radius 1 is 0.939 bits per heavy atom. The maximum atomic E-state index is 12.3. The molecule has 0 aliphatic heterocycles. The molecule has 0 heterocycles. The van der Waals surface area contributed by atoms with Gasteiger partial charge in [0.25, 0.3) is 11.6 Å². The van der Waals surface area contributed by atoms with Gasteiger partial charge in [-0.3, -0.25) is 19.7 Å². The molecule has 0 saturated heterocycles. The topological polar surface area (TPSA) is 146 Å². The van der Waals surface area contributed by atoms with Crippen LogP contribution in [0.4, 0.5) is 11.4 Å². The first-order chi connectivity index (χ1) is 15.6. The van der Waals surface area contributed by atoms with E-state index in [1.165, 1.54) is 14.2 Å². The first-order valence-corrected chi connectivity index (χ1v) is 9.79. The maximum absolute atomic E-state index is 12.3. The van der Waals surface area contributed by atoms with Crippen molar-refractivity contribution in [3.05, 3.63) is 56.6 Å². The number of hydrogen-bond acceptors (Lipinski definition) is 8. The molecule has 176 valence electrons. The van der Waals surface area contributed by atoms with E-state index in [-0.39, 0.29) is 18.0 Å². The standard InChI is InChI=1S/C22H25N3O8/c1-12-6-13(2)21(14(3)7-12)24-19(26)10-23-20(27)11-33-22(28)15-8-17(31-4)18(32-5)9-16(15)25(29)30/h6-9H,10-11H2,1-5H3,(H,23,27)(H,24,26). The summed E-state index contributed by atoms with van der Waals surface area (Å²) in [5.74, 6) is -2.17. The van der Waals surface area contributed by atoms with Crippen molar-refractivity contribution >= 4 is 29.2 Å². The number of anilines is 1. The second-order valence-electron chi connectivity index (χ2n) is 7.16. The molecule has 2 aromatic carbocycles. The highest BCUT2D eigenvalue weighted by Crippen LogP contribution is 2.34. The molecule has 0 saturated carbocycles. The van der Waals surface area contributed by atoms with Gasteiger partial charge in [-0.15, -0.1) is 0 Å². The van der Waals surface area contributed by atoms with Gasteiger partial charge in [0.05, 0.1) is 31.8 Å². The van der Waals surface area contributed by atoms with Gasteiger partial charge in [0.15, 0.2) is 18.1 Å². The molecular formula is C22H25N3O8. The second kappa shape index (κ2) is 10.9. The minimum absolute atomic E-state index is 0.0588. The molecular weight excluding hydrogens is 434 g/mol. The highest BCUT2D eigenvalue weighted by Gasteiger charge is 2.26. The van der Waals surface area contributed by atoms with Gasteiger partial charge in [0, 0.05) is 11.8 Å². The molecule has 2 rings (SSSR count). The van der Waals surface area contributed by atoms with E-state index in [1.807, 2.05) is 32.9 Å². The fourth-order valence-corrected chi connectivity index (χ4v) is 3.18. The van der Waals surface area contributed by atoms with Crippen molar-refractivity contribution in [1.29, 1.82) is 0 Å². The Balaban J connectivity index is 1.96. The number of nitro benzene ring substituents is 1. The minimum Gasteiger partial charge on any atom is -0.493 e. The van der Waals surface area contributed by atoms with Crippen LogP contribution in [0.3, 0.4) is 0 Å². The number of nitrogens with zero attached hydrogens (tertiary/aromatic N) is 1. The summed E-state index contributed by atoms with van der Waals surface area (Å²) in [5, 5.41) is 16.4. The highest BCUT2D eigenvalue weighted by atomic mass is 16.6. The van der Waals surface area contributed by atoms with E-state index < -0.39 is 40.6 Å². The number of nitro groups is 1. The van der Waals surface area contributed by atoms with E-state index in [2.05, 4.69) is 10.6 Å². The average Bonchev–Trinajstić information content (AvgIpc) is 2.77. The van der Waals surface area contributed by atoms with Gasteiger partial charge in [0.1, 0.15) is 5.56 Å². The van der Waals surface area contributed by atoms with Crippen molar-refractivity contribution in [2.75, 3.05) is 32.7 Å². The number of carbonyl (C=O) groups excluding carboxylic acids is 3. The molecule has 2 amide bonds. The van der Waals surface area contributed by atoms with Gasteiger partial charge in [-0.05, 0) is 31.9 Å². The van der Waals surface area contributed by atoms with Crippen molar-refractivity contribution in [3.8, 4) is 11.5 Å². The summed E-state index contributed by atoms with van der Waals surface area (Å²) in [4.78, 5) is 47.1. The molecule has 0 spiro atoms. The molecule has 2 N–H and O–H groups in total. The first kappa shape index (κ1) is 25.1. The van der Waals surface area contributed by atoms with Crippen LogP contribution in [0.15, 0.2) is 24.3 Å². The van der Waals surface area contributed by atoms with Crippen molar-refractivity contribution in [2.45, 2.75) is 20.8 Å². The summed E-state index contributed by atoms with van der Waals surface area (Å²) < 4.78 is 14.9. The molecule has 0 atom stereocenters. The number of amides is 2. The predicted molar refractivity (Wildman–Crippen MR) is 119 cm³/mol. The molecule has 11 nitrogen and oxygen atoms in total. The van der Waals surface area contributed by atoms with E-state index in [1.54, 1.807) is 0 Å². The Morgan fingerprint density at radius 3 is 2.06 bits per heavy atom. The summed E-state index contributed by atoms with van der Waals surface area (Å²) in [5.41, 5.74) is 2.52. The smallest absolute Gasteiger partial charge is 0.345 e. The van der Waals surface area contributed by atoms with Gasteiger partial charge in [0.2, 0.25) is 5.91 Å². The third kappa shape index (κ3) is 6.42. The summed E-state index contributed by atoms with van der Waals surface area (Å²) in [7, 11) is 2.60. The second-order valence-corrected chi connectivity index (χ2v) is 7.16. The Bertz CT molecular complexity index is 1070. The van der Waals surface area contributed by atoms with Crippen molar-refractivity contribution in [3.63, 3.8) is 0 Å². The van der Waals surface area contributed by atoms with Gasteiger partial charge in [-0.25, -0.2) is 4.79 Å². The fourth-order valence-electron chi connectivity index (χ4n) is 3.18. The Labute approximate surface area is 190 Å². The molecule has 0 aromatic heterocycles. The number of methoxy groups -OCH3 is 2. The Kier molecular flexibility index (Phi) is 8.32. The molecule has 33 heavy (non-hydrogen) atoms. The zero-order valence-electron chi connectivity index (χ0n) is 18.9. The summed E-state index contributed by atoms with van der Waals surface area (Å²) >= 11 is 0. The van der Waals surface area contributed by atoms with E-state index in [0.29, 0.717) is 5.69 Å². The Hall–Kier alpha value is -4.15. The number of nitrogens with one attached hydrogen (secondary N) is 2. The lowest BCUT2D eigenvalue weighted by molar-refractivity contribution is -0.385. The summed E-state index contributed by atoms with van der Waals surface area (Å²) in [6, 6.07) is 5.97. The van der Waals surface area contributed by atoms with Gasteiger partial charge in [-0.1, -0.05) is 17.7 Å². The van der Waals surface area contributed by atoms with Gasteiger partial charge in [-0.2, -0.15) is 0 Å². The van der Waals surface area contributed by atoms with E-state index in [9.17, 15) is 24.5 Å². The molecule has 2 aromatic rings. The van der Waals surface area contributed by atoms with Crippen LogP contribution in [0.1, 0.15) is 27.0 Å². The van der Waals surface area contributed by atoms with Gasteiger partial charge < -0.3 is 24.8 Å². The minimum atomic E-state index is -1.10. The average molecular weight is 459 g/mol. The third-order valence-electron chi connectivity index (χ3n) is 4.64. The maximum Gasteiger partial charge on any atom is 0.345 e. The normalized spacial score (nSPS) is 10.2. The SMILES string of the molecule is COc1cc(C(=O)OCC(=O)NCC(=O)Nc2c(C)cc(C)cc2C)c([N+](=O)[O-])cc1OC. The monoisotopic (exact) mass is 459 g/mol. The van der Waals surface area contributed by atoms with Crippen LogP contribution in [0, 0.1) is 30.9 Å². The van der Waals surface area contributed by atoms with Crippen molar-refractivity contribution < 1.29 is 33.5 Å². The van der Waals surface area contributed by atoms with E-state index in [0.717, 1.165) is 28.8 Å². The zero-order valence-corrected chi connectivity index (χ0v) is 18.9. The van der Waals surface area contributed by atoms with Crippen molar-refractivity contribution in [1.82, 2.24) is 5.32 Å². The van der Waals surface area contributed by atoms with Crippen LogP contribution >= 0.6 is 0 Å². The number of carbonyl (C=O) groups is 3. The molecule has 0 radical (unpaired) electrons. The molecule has 0 fully saturated rings. The van der Waals surface area contributed by atoms with Crippen LogP contribution in [0.2, 0.25) is 0 Å². The fraction of sp³-hybridized carbons (Fsp3) is 0.318. The van der Waals surface area contributed by atoms with Crippen LogP contribution in [-0.4, -0.2) is 50.1 Å². The number of ether oxygens (including phenoxy) is 3. The van der Waals surface area contributed by atoms with Crippen LogP contribution in [0.25, 0.3) is 0 Å². The van der Waals surface area contributed by atoms with Crippen molar-refractivity contribution in [2.24, 2.45) is 0 Å². The van der Waals surface area contributed by atoms with E-state index in [4.69, 9.17) is 14.2 Å². The number of hydrogen-bond donors (Lipinski definition) is 2. The largest absolute Gasteiger partial charge is 0.493 e. The number of esters is 1.